The Balaban J connectivity index is 1.67. The fourth-order valence-electron chi connectivity index (χ4n) is 9.59. The zero-order chi connectivity index (χ0) is 20.3. The maximum atomic E-state index is 11.7. The Morgan fingerprint density at radius 3 is 2.25 bits per heavy atom. The minimum Gasteiger partial charge on any atom is -0.393 e. The van der Waals surface area contributed by atoms with E-state index in [4.69, 9.17) is 0 Å². The van der Waals surface area contributed by atoms with Gasteiger partial charge in [-0.3, -0.25) is 0 Å². The molecule has 0 amide bonds. The lowest BCUT2D eigenvalue weighted by Crippen LogP contribution is -2.62. The summed E-state index contributed by atoms with van der Waals surface area (Å²) >= 11 is 0. The van der Waals surface area contributed by atoms with Crippen molar-refractivity contribution in [3.63, 3.8) is 0 Å². The van der Waals surface area contributed by atoms with Gasteiger partial charge in [0, 0.05) is 0 Å². The van der Waals surface area contributed by atoms with Crippen molar-refractivity contribution in [1.82, 2.24) is 0 Å². The van der Waals surface area contributed by atoms with Crippen LogP contribution in [-0.4, -0.2) is 22.4 Å². The maximum Gasteiger partial charge on any atom is 0.0605 e. The molecule has 0 aromatic rings. The zero-order valence-corrected chi connectivity index (χ0v) is 19.2. The Morgan fingerprint density at radius 2 is 1.57 bits per heavy atom. The fraction of sp³-hybridized carbons (Fsp3) is 1.00. The lowest BCUT2D eigenvalue weighted by molar-refractivity contribution is -0.203. The van der Waals surface area contributed by atoms with Crippen molar-refractivity contribution >= 4 is 0 Å². The first-order valence-corrected chi connectivity index (χ1v) is 12.6. The fourth-order valence-corrected chi connectivity index (χ4v) is 9.59. The van der Waals surface area contributed by atoms with E-state index in [2.05, 4.69) is 34.6 Å². The molecule has 0 bridgehead atoms. The molecule has 4 fully saturated rings. The van der Waals surface area contributed by atoms with E-state index in [0.717, 1.165) is 31.1 Å². The second kappa shape index (κ2) is 7.56. The van der Waals surface area contributed by atoms with Gasteiger partial charge in [-0.05, 0) is 97.2 Å². The number of aliphatic hydroxyl groups excluding tert-OH is 2. The first-order valence-electron chi connectivity index (χ1n) is 12.6. The maximum absolute atomic E-state index is 11.7. The Kier molecular flexibility index (Phi) is 5.71. The third-order valence-corrected chi connectivity index (χ3v) is 10.9. The molecule has 4 aliphatic carbocycles. The molecular weight excluding hydrogens is 344 g/mol. The first-order chi connectivity index (χ1) is 13.3. The van der Waals surface area contributed by atoms with Gasteiger partial charge in [-0.25, -0.2) is 0 Å². The first kappa shape index (κ1) is 21.2. The van der Waals surface area contributed by atoms with Crippen LogP contribution in [0.15, 0.2) is 0 Å². The molecule has 0 aliphatic heterocycles. The summed E-state index contributed by atoms with van der Waals surface area (Å²) in [6, 6.07) is 0. The van der Waals surface area contributed by atoms with Crippen LogP contribution in [0.25, 0.3) is 0 Å². The number of rotatable bonds is 4. The summed E-state index contributed by atoms with van der Waals surface area (Å²) < 4.78 is 0. The SMILES string of the molecule is CCCC(C)[C@H]1CCC2[C@H]3C(CC[C@@]21C)[C@@]1(C)CC[C@@H](O)C[C@H]1[C@@H](CC)[C@H]3O. The van der Waals surface area contributed by atoms with Gasteiger partial charge in [0.15, 0.2) is 0 Å². The van der Waals surface area contributed by atoms with Gasteiger partial charge >= 0.3 is 0 Å². The molecule has 2 N–H and O–H groups in total. The molecule has 4 saturated carbocycles. The Hall–Kier alpha value is -0.0800. The average molecular weight is 391 g/mol. The normalized spacial score (nSPS) is 54.5. The van der Waals surface area contributed by atoms with Crippen molar-refractivity contribution in [2.24, 2.45) is 52.3 Å². The molecular formula is C26H46O2. The lowest BCUT2D eigenvalue weighted by atomic mass is 9.41. The molecule has 4 aliphatic rings. The summed E-state index contributed by atoms with van der Waals surface area (Å²) in [5, 5.41) is 22.1. The number of fused-ring (bicyclic) bond motifs is 5. The second-order valence-electron chi connectivity index (χ2n) is 11.9. The van der Waals surface area contributed by atoms with Crippen LogP contribution in [0, 0.1) is 52.3 Å². The van der Waals surface area contributed by atoms with E-state index in [0.29, 0.717) is 40.4 Å². The van der Waals surface area contributed by atoms with Crippen LogP contribution in [0.4, 0.5) is 0 Å². The molecule has 2 nitrogen and oxygen atoms in total. The Bertz CT molecular complexity index is 561. The molecule has 0 aromatic heterocycles. The minimum atomic E-state index is -0.150. The van der Waals surface area contributed by atoms with Gasteiger partial charge < -0.3 is 10.2 Å². The van der Waals surface area contributed by atoms with Gasteiger partial charge in [0.05, 0.1) is 12.2 Å². The van der Waals surface area contributed by atoms with E-state index in [1.165, 1.54) is 44.9 Å². The van der Waals surface area contributed by atoms with E-state index in [9.17, 15) is 10.2 Å². The van der Waals surface area contributed by atoms with Crippen molar-refractivity contribution in [1.29, 1.82) is 0 Å². The third kappa shape index (κ3) is 2.95. The zero-order valence-electron chi connectivity index (χ0n) is 19.2. The number of hydrogen-bond acceptors (Lipinski definition) is 2. The van der Waals surface area contributed by atoms with Crippen LogP contribution in [0.5, 0.6) is 0 Å². The lowest BCUT2D eigenvalue weighted by Gasteiger charge is -2.64. The molecule has 0 heterocycles. The largest absolute Gasteiger partial charge is 0.393 e. The number of hydrogen-bond donors (Lipinski definition) is 2. The summed E-state index contributed by atoms with van der Waals surface area (Å²) in [5.41, 5.74) is 0.769. The van der Waals surface area contributed by atoms with Crippen LogP contribution >= 0.6 is 0 Å². The highest BCUT2D eigenvalue weighted by molar-refractivity contribution is 5.13. The van der Waals surface area contributed by atoms with E-state index in [-0.39, 0.29) is 12.2 Å². The monoisotopic (exact) mass is 390 g/mol. The van der Waals surface area contributed by atoms with Crippen molar-refractivity contribution in [2.75, 3.05) is 0 Å². The van der Waals surface area contributed by atoms with Crippen LogP contribution in [0.3, 0.4) is 0 Å². The van der Waals surface area contributed by atoms with E-state index in [1.54, 1.807) is 0 Å². The predicted octanol–water partition coefficient (Wildman–Crippen LogP) is 6.05. The number of aliphatic hydroxyl groups is 2. The highest BCUT2D eigenvalue weighted by Crippen LogP contribution is 2.69. The van der Waals surface area contributed by atoms with Crippen LogP contribution in [-0.2, 0) is 0 Å². The molecule has 0 spiro atoms. The molecule has 28 heavy (non-hydrogen) atoms. The summed E-state index contributed by atoms with van der Waals surface area (Å²) in [6.45, 7) is 12.3. The second-order valence-corrected chi connectivity index (χ2v) is 11.9. The van der Waals surface area contributed by atoms with Crippen LogP contribution in [0.1, 0.15) is 98.8 Å². The summed E-state index contributed by atoms with van der Waals surface area (Å²) in [4.78, 5) is 0. The summed E-state index contributed by atoms with van der Waals surface area (Å²) in [7, 11) is 0. The quantitative estimate of drug-likeness (QED) is 0.613. The standard InChI is InChI=1S/C26H46O2/c1-6-8-16(3)19-9-10-20-23-21(12-14-25(19,20)4)26(5)13-11-17(27)15-22(26)18(7-2)24(23)28/h16-24,27-28H,6-15H2,1-5H3/t16?,17-,18-,19-,20?,21?,22+,23+,24-,25-,26-/m1/s1. The third-order valence-electron chi connectivity index (χ3n) is 10.9. The summed E-state index contributed by atoms with van der Waals surface area (Å²) in [5.74, 6) is 4.45. The molecule has 11 atom stereocenters. The minimum absolute atomic E-state index is 0.143. The molecule has 2 heteroatoms. The topological polar surface area (TPSA) is 40.5 Å². The van der Waals surface area contributed by atoms with E-state index >= 15 is 0 Å². The van der Waals surface area contributed by atoms with Crippen molar-refractivity contribution in [3.8, 4) is 0 Å². The molecule has 4 rings (SSSR count). The molecule has 3 unspecified atom stereocenters. The Morgan fingerprint density at radius 1 is 0.893 bits per heavy atom. The van der Waals surface area contributed by atoms with Gasteiger partial charge in [0.1, 0.15) is 0 Å². The van der Waals surface area contributed by atoms with Crippen LogP contribution < -0.4 is 0 Å². The van der Waals surface area contributed by atoms with Crippen molar-refractivity contribution in [2.45, 2.75) is 111 Å². The molecule has 0 saturated heterocycles. The van der Waals surface area contributed by atoms with E-state index in [1.807, 2.05) is 0 Å². The van der Waals surface area contributed by atoms with Gasteiger partial charge in [-0.2, -0.15) is 0 Å². The van der Waals surface area contributed by atoms with Gasteiger partial charge in [-0.1, -0.05) is 53.9 Å². The van der Waals surface area contributed by atoms with Gasteiger partial charge in [0.2, 0.25) is 0 Å². The van der Waals surface area contributed by atoms with Crippen molar-refractivity contribution in [3.05, 3.63) is 0 Å². The van der Waals surface area contributed by atoms with Crippen molar-refractivity contribution < 1.29 is 10.2 Å². The van der Waals surface area contributed by atoms with Crippen LogP contribution in [0.2, 0.25) is 0 Å². The molecule has 0 radical (unpaired) electrons. The van der Waals surface area contributed by atoms with Gasteiger partial charge in [-0.15, -0.1) is 0 Å². The molecule has 162 valence electrons. The van der Waals surface area contributed by atoms with E-state index < -0.39 is 0 Å². The highest BCUT2D eigenvalue weighted by atomic mass is 16.3. The Labute approximate surface area is 173 Å². The smallest absolute Gasteiger partial charge is 0.0605 e. The highest BCUT2D eigenvalue weighted by Gasteiger charge is 2.64. The average Bonchev–Trinajstić information content (AvgIpc) is 3.01. The molecule has 0 aromatic carbocycles. The summed E-state index contributed by atoms with van der Waals surface area (Å²) in [6.07, 6.45) is 11.9. The predicted molar refractivity (Wildman–Crippen MR) is 116 cm³/mol. The van der Waals surface area contributed by atoms with Gasteiger partial charge in [0.25, 0.3) is 0 Å².